The van der Waals surface area contributed by atoms with Crippen molar-refractivity contribution in [2.24, 2.45) is 0 Å². The maximum atomic E-state index is 13.2. The molecule has 0 unspecified atom stereocenters. The van der Waals surface area contributed by atoms with Gasteiger partial charge in [-0.05, 0) is 38.6 Å². The highest BCUT2D eigenvalue weighted by atomic mass is 35.5. The standard InChI is InChI=1S/C14H20FNO3.ClH/c1-16(9-5-4-8-14(17)18)10-11-19-13-7-3-2-6-12(13)15;/h2-3,6-7H,4-5,8-11H2,1H3,(H,17,18);1H. The molecule has 1 N–H and O–H groups in total. The molecule has 0 atom stereocenters. The average molecular weight is 306 g/mol. The second-order valence-corrected chi connectivity index (χ2v) is 4.43. The van der Waals surface area contributed by atoms with E-state index in [9.17, 15) is 9.18 Å². The van der Waals surface area contributed by atoms with E-state index in [1.165, 1.54) is 6.07 Å². The third kappa shape index (κ3) is 7.96. The maximum absolute atomic E-state index is 13.2. The summed E-state index contributed by atoms with van der Waals surface area (Å²) in [6.07, 6.45) is 1.72. The van der Waals surface area contributed by atoms with Gasteiger partial charge in [0.1, 0.15) is 6.61 Å². The minimum Gasteiger partial charge on any atom is -0.489 e. The van der Waals surface area contributed by atoms with Gasteiger partial charge in [-0.3, -0.25) is 4.79 Å². The van der Waals surface area contributed by atoms with Gasteiger partial charge in [0.2, 0.25) is 0 Å². The molecule has 1 rings (SSSR count). The van der Waals surface area contributed by atoms with Crippen LogP contribution in [0.4, 0.5) is 4.39 Å². The molecule has 114 valence electrons. The number of rotatable bonds is 9. The topological polar surface area (TPSA) is 49.8 Å². The zero-order chi connectivity index (χ0) is 14.1. The molecule has 1 aromatic rings. The Kier molecular flexibility index (Phi) is 9.76. The van der Waals surface area contributed by atoms with E-state index < -0.39 is 5.97 Å². The molecule has 0 bridgehead atoms. The number of ether oxygens (including phenoxy) is 1. The number of likely N-dealkylation sites (N-methyl/N-ethyl adjacent to an activating group) is 1. The summed E-state index contributed by atoms with van der Waals surface area (Å²) in [6, 6.07) is 6.32. The Balaban J connectivity index is 0.00000361. The lowest BCUT2D eigenvalue weighted by Gasteiger charge is -2.16. The predicted octanol–water partition coefficient (Wildman–Crippen LogP) is 2.81. The molecule has 0 aromatic heterocycles. The normalized spacial score (nSPS) is 10.2. The number of nitrogens with zero attached hydrogens (tertiary/aromatic N) is 1. The summed E-state index contributed by atoms with van der Waals surface area (Å²) in [6.45, 7) is 1.91. The fourth-order valence-electron chi connectivity index (χ4n) is 1.64. The fourth-order valence-corrected chi connectivity index (χ4v) is 1.64. The second kappa shape index (κ2) is 10.5. The Hall–Kier alpha value is -1.33. The molecule has 0 saturated heterocycles. The minimum absolute atomic E-state index is 0. The van der Waals surface area contributed by atoms with Gasteiger partial charge < -0.3 is 14.7 Å². The maximum Gasteiger partial charge on any atom is 0.303 e. The Labute approximate surface area is 124 Å². The van der Waals surface area contributed by atoms with Crippen molar-refractivity contribution in [1.29, 1.82) is 0 Å². The molecule has 0 spiro atoms. The third-order valence-corrected chi connectivity index (χ3v) is 2.75. The average Bonchev–Trinajstić information content (AvgIpc) is 2.37. The predicted molar refractivity (Wildman–Crippen MR) is 78.1 cm³/mol. The number of hydrogen-bond acceptors (Lipinski definition) is 3. The Morgan fingerprint density at radius 2 is 2.00 bits per heavy atom. The fraction of sp³-hybridized carbons (Fsp3) is 0.500. The van der Waals surface area contributed by atoms with Crippen LogP contribution in [0.2, 0.25) is 0 Å². The Morgan fingerprint density at radius 3 is 2.65 bits per heavy atom. The van der Waals surface area contributed by atoms with Crippen LogP contribution in [0.1, 0.15) is 19.3 Å². The molecule has 0 radical (unpaired) electrons. The van der Waals surface area contributed by atoms with Crippen molar-refractivity contribution in [2.75, 3.05) is 26.7 Å². The summed E-state index contributed by atoms with van der Waals surface area (Å²) >= 11 is 0. The van der Waals surface area contributed by atoms with Gasteiger partial charge in [0.05, 0.1) is 0 Å². The lowest BCUT2D eigenvalue weighted by molar-refractivity contribution is -0.137. The summed E-state index contributed by atoms with van der Waals surface area (Å²) in [5.41, 5.74) is 0. The van der Waals surface area contributed by atoms with Crippen LogP contribution >= 0.6 is 12.4 Å². The van der Waals surface area contributed by atoms with Gasteiger partial charge in [0.15, 0.2) is 11.6 Å². The van der Waals surface area contributed by atoms with Crippen molar-refractivity contribution in [3.8, 4) is 5.75 Å². The number of benzene rings is 1. The molecule has 4 nitrogen and oxygen atoms in total. The number of para-hydroxylation sites is 1. The van der Waals surface area contributed by atoms with Crippen LogP contribution in [-0.2, 0) is 4.79 Å². The molecule has 6 heteroatoms. The first-order valence-corrected chi connectivity index (χ1v) is 6.37. The van der Waals surface area contributed by atoms with E-state index in [1.807, 2.05) is 11.9 Å². The third-order valence-electron chi connectivity index (χ3n) is 2.75. The molecule has 0 saturated carbocycles. The number of halogens is 2. The first-order chi connectivity index (χ1) is 9.09. The van der Waals surface area contributed by atoms with Crippen molar-refractivity contribution in [1.82, 2.24) is 4.90 Å². The van der Waals surface area contributed by atoms with Crippen molar-refractivity contribution in [3.05, 3.63) is 30.1 Å². The molecule has 1 aromatic carbocycles. The van der Waals surface area contributed by atoms with E-state index in [4.69, 9.17) is 9.84 Å². The molecular weight excluding hydrogens is 285 g/mol. The highest BCUT2D eigenvalue weighted by Crippen LogP contribution is 2.14. The van der Waals surface area contributed by atoms with Gasteiger partial charge in [-0.25, -0.2) is 4.39 Å². The van der Waals surface area contributed by atoms with Gasteiger partial charge in [-0.1, -0.05) is 12.1 Å². The van der Waals surface area contributed by atoms with Crippen LogP contribution in [0.3, 0.4) is 0 Å². The number of unbranched alkanes of at least 4 members (excludes halogenated alkanes) is 1. The lowest BCUT2D eigenvalue weighted by atomic mass is 10.2. The van der Waals surface area contributed by atoms with E-state index >= 15 is 0 Å². The summed E-state index contributed by atoms with van der Waals surface area (Å²) in [4.78, 5) is 12.4. The second-order valence-electron chi connectivity index (χ2n) is 4.43. The molecule has 0 aliphatic heterocycles. The van der Waals surface area contributed by atoms with Crippen molar-refractivity contribution in [3.63, 3.8) is 0 Å². The van der Waals surface area contributed by atoms with Gasteiger partial charge >= 0.3 is 5.97 Å². The van der Waals surface area contributed by atoms with Gasteiger partial charge in [-0.15, -0.1) is 12.4 Å². The Morgan fingerprint density at radius 1 is 1.30 bits per heavy atom. The largest absolute Gasteiger partial charge is 0.489 e. The number of carbonyl (C=O) groups is 1. The van der Waals surface area contributed by atoms with Gasteiger partial charge in [-0.2, -0.15) is 0 Å². The lowest BCUT2D eigenvalue weighted by Crippen LogP contribution is -2.25. The highest BCUT2D eigenvalue weighted by molar-refractivity contribution is 5.85. The van der Waals surface area contributed by atoms with Crippen molar-refractivity contribution < 1.29 is 19.0 Å². The highest BCUT2D eigenvalue weighted by Gasteiger charge is 2.03. The molecule has 0 amide bonds. The van der Waals surface area contributed by atoms with Crippen LogP contribution < -0.4 is 4.74 Å². The van der Waals surface area contributed by atoms with Crippen LogP contribution in [0.15, 0.2) is 24.3 Å². The molecular formula is C14H21ClFNO3. The molecule has 0 aliphatic rings. The summed E-state index contributed by atoms with van der Waals surface area (Å²) in [5.74, 6) is -0.848. The van der Waals surface area contributed by atoms with E-state index in [2.05, 4.69) is 0 Å². The van der Waals surface area contributed by atoms with Crippen molar-refractivity contribution in [2.45, 2.75) is 19.3 Å². The van der Waals surface area contributed by atoms with Crippen LogP contribution in [0.25, 0.3) is 0 Å². The molecule has 20 heavy (non-hydrogen) atoms. The van der Waals surface area contributed by atoms with E-state index in [0.29, 0.717) is 19.6 Å². The smallest absolute Gasteiger partial charge is 0.303 e. The number of carboxylic acids is 1. The van der Waals surface area contributed by atoms with Crippen LogP contribution in [-0.4, -0.2) is 42.7 Å². The number of aliphatic carboxylic acids is 1. The zero-order valence-electron chi connectivity index (χ0n) is 11.5. The molecule has 0 aliphatic carbocycles. The Bertz CT molecular complexity index is 404. The molecule has 0 fully saturated rings. The summed E-state index contributed by atoms with van der Waals surface area (Å²) in [7, 11) is 1.94. The zero-order valence-corrected chi connectivity index (χ0v) is 12.4. The first kappa shape index (κ1) is 18.7. The van der Waals surface area contributed by atoms with Crippen LogP contribution in [0, 0.1) is 5.82 Å². The van der Waals surface area contributed by atoms with E-state index in [-0.39, 0.29) is 30.4 Å². The SMILES string of the molecule is CN(CCCCC(=O)O)CCOc1ccccc1F.Cl. The van der Waals surface area contributed by atoms with Crippen molar-refractivity contribution >= 4 is 18.4 Å². The summed E-state index contributed by atoms with van der Waals surface area (Å²) in [5, 5.41) is 8.50. The van der Waals surface area contributed by atoms with Crippen LogP contribution in [0.5, 0.6) is 5.75 Å². The quantitative estimate of drug-likeness (QED) is 0.713. The number of carboxylic acid groups (broad SMARTS) is 1. The van der Waals surface area contributed by atoms with E-state index in [1.54, 1.807) is 18.2 Å². The van der Waals surface area contributed by atoms with Gasteiger partial charge in [0.25, 0.3) is 0 Å². The van der Waals surface area contributed by atoms with E-state index in [0.717, 1.165) is 13.0 Å². The minimum atomic E-state index is -0.759. The first-order valence-electron chi connectivity index (χ1n) is 6.37. The number of hydrogen-bond donors (Lipinski definition) is 1. The van der Waals surface area contributed by atoms with Gasteiger partial charge in [0, 0.05) is 13.0 Å². The molecule has 0 heterocycles. The monoisotopic (exact) mass is 305 g/mol. The summed E-state index contributed by atoms with van der Waals surface area (Å²) < 4.78 is 18.6.